The van der Waals surface area contributed by atoms with Crippen LogP contribution >= 0.6 is 0 Å². The van der Waals surface area contributed by atoms with Crippen LogP contribution in [0.25, 0.3) is 5.76 Å². The molecule has 2 aliphatic heterocycles. The van der Waals surface area contributed by atoms with Crippen molar-refractivity contribution in [2.75, 3.05) is 18.0 Å². The summed E-state index contributed by atoms with van der Waals surface area (Å²) in [7, 11) is 0. The molecule has 0 aromatic heterocycles. The third-order valence-corrected chi connectivity index (χ3v) is 3.10. The van der Waals surface area contributed by atoms with Crippen molar-refractivity contribution < 1.29 is 9.53 Å². The molecule has 1 aromatic rings. The molecule has 3 heteroatoms. The van der Waals surface area contributed by atoms with Gasteiger partial charge in [-0.25, -0.2) is 0 Å². The summed E-state index contributed by atoms with van der Waals surface area (Å²) >= 11 is 0. The van der Waals surface area contributed by atoms with Crippen LogP contribution in [0, 0.1) is 0 Å². The predicted octanol–water partition coefficient (Wildman–Crippen LogP) is 2.18. The number of aldehydes is 1. The molecule has 0 aliphatic carbocycles. The maximum absolute atomic E-state index is 10.6. The lowest BCUT2D eigenvalue weighted by atomic mass is 10.1. The molecule has 3 rings (SSSR count). The van der Waals surface area contributed by atoms with E-state index < -0.39 is 0 Å². The number of hydrogen-bond donors (Lipinski definition) is 0. The molecule has 3 nitrogen and oxygen atoms in total. The van der Waals surface area contributed by atoms with Crippen LogP contribution in [0.4, 0.5) is 5.69 Å². The minimum atomic E-state index is 0.478. The zero-order valence-corrected chi connectivity index (χ0v) is 8.98. The molecule has 82 valence electrons. The Morgan fingerprint density at radius 1 is 1.19 bits per heavy atom. The predicted molar refractivity (Wildman–Crippen MR) is 62.0 cm³/mol. The average Bonchev–Trinajstić information content (AvgIpc) is 2.93. The normalized spacial score (nSPS) is 18.6. The van der Waals surface area contributed by atoms with E-state index in [1.54, 1.807) is 0 Å². The fourth-order valence-electron chi connectivity index (χ4n) is 2.25. The van der Waals surface area contributed by atoms with Crippen molar-refractivity contribution in [3.8, 4) is 0 Å². The summed E-state index contributed by atoms with van der Waals surface area (Å²) in [5.41, 5.74) is 2.23. The minimum Gasteiger partial charge on any atom is -0.445 e. The number of hydrogen-bond acceptors (Lipinski definition) is 3. The van der Waals surface area contributed by atoms with Gasteiger partial charge in [0.2, 0.25) is 5.76 Å². The number of carbonyl (C=O) groups excluding carboxylic acids is 1. The van der Waals surface area contributed by atoms with Crippen molar-refractivity contribution in [2.45, 2.75) is 12.8 Å². The van der Waals surface area contributed by atoms with Gasteiger partial charge >= 0.3 is 0 Å². The van der Waals surface area contributed by atoms with Gasteiger partial charge in [0.05, 0.1) is 0 Å². The maximum atomic E-state index is 10.6. The first kappa shape index (κ1) is 9.46. The molecule has 1 aromatic carbocycles. The molecule has 2 heterocycles. The second-order valence-electron chi connectivity index (χ2n) is 4.12. The highest BCUT2D eigenvalue weighted by Gasteiger charge is 2.29. The van der Waals surface area contributed by atoms with Crippen molar-refractivity contribution in [3.05, 3.63) is 35.6 Å². The van der Waals surface area contributed by atoms with E-state index in [-0.39, 0.29) is 0 Å². The van der Waals surface area contributed by atoms with E-state index in [2.05, 4.69) is 11.0 Å². The summed E-state index contributed by atoms with van der Waals surface area (Å²) in [5.74, 6) is 1.23. The Morgan fingerprint density at radius 2 is 1.94 bits per heavy atom. The molecule has 0 atom stereocenters. The van der Waals surface area contributed by atoms with E-state index in [0.717, 1.165) is 30.7 Å². The van der Waals surface area contributed by atoms with Gasteiger partial charge in [-0.3, -0.25) is 4.79 Å². The summed E-state index contributed by atoms with van der Waals surface area (Å²) < 4.78 is 5.19. The zero-order chi connectivity index (χ0) is 11.0. The first-order valence-electron chi connectivity index (χ1n) is 5.62. The van der Waals surface area contributed by atoms with Crippen molar-refractivity contribution >= 4 is 17.7 Å². The molecule has 0 spiro atoms. The number of anilines is 1. The highest BCUT2D eigenvalue weighted by atomic mass is 16.6. The van der Waals surface area contributed by atoms with Crippen molar-refractivity contribution in [2.24, 2.45) is 0 Å². The molecule has 0 radical (unpaired) electrons. The SMILES string of the molecule is O=CC1=C(c2ccccc2N2CCCC2)O1. The molecule has 0 bridgehead atoms. The maximum Gasteiger partial charge on any atom is 0.210 e. The Balaban J connectivity index is 1.98. The summed E-state index contributed by atoms with van der Waals surface area (Å²) in [5, 5.41) is 0. The van der Waals surface area contributed by atoms with Crippen LogP contribution in [0.5, 0.6) is 0 Å². The Bertz CT molecular complexity index is 459. The molecule has 1 saturated heterocycles. The van der Waals surface area contributed by atoms with Crippen LogP contribution in [0.2, 0.25) is 0 Å². The van der Waals surface area contributed by atoms with Crippen LogP contribution < -0.4 is 4.90 Å². The van der Waals surface area contributed by atoms with Crippen molar-refractivity contribution in [1.29, 1.82) is 0 Å². The molecule has 0 saturated carbocycles. The van der Waals surface area contributed by atoms with E-state index in [0.29, 0.717) is 5.76 Å². The summed E-state index contributed by atoms with van der Waals surface area (Å²) in [6.07, 6.45) is 3.26. The lowest BCUT2D eigenvalue weighted by Gasteiger charge is -2.19. The molecular weight excluding hydrogens is 202 g/mol. The van der Waals surface area contributed by atoms with Crippen LogP contribution in [-0.4, -0.2) is 19.4 Å². The Kier molecular flexibility index (Phi) is 2.17. The summed E-state index contributed by atoms with van der Waals surface area (Å²) in [6.45, 7) is 2.20. The number of ether oxygens (including phenoxy) is 1. The van der Waals surface area contributed by atoms with Crippen LogP contribution in [0.3, 0.4) is 0 Å². The van der Waals surface area contributed by atoms with Crippen molar-refractivity contribution in [3.63, 3.8) is 0 Å². The zero-order valence-electron chi connectivity index (χ0n) is 8.98. The highest BCUT2D eigenvalue weighted by Crippen LogP contribution is 2.40. The molecule has 16 heavy (non-hydrogen) atoms. The third kappa shape index (κ3) is 1.48. The number of para-hydroxylation sites is 1. The number of rotatable bonds is 3. The number of benzene rings is 1. The fraction of sp³-hybridized carbons (Fsp3) is 0.308. The summed E-state index contributed by atoms with van der Waals surface area (Å²) in [6, 6.07) is 8.12. The van der Waals surface area contributed by atoms with E-state index in [9.17, 15) is 4.79 Å². The van der Waals surface area contributed by atoms with E-state index in [1.807, 2.05) is 18.2 Å². The monoisotopic (exact) mass is 215 g/mol. The Morgan fingerprint density at radius 3 is 2.62 bits per heavy atom. The van der Waals surface area contributed by atoms with Gasteiger partial charge in [0.25, 0.3) is 0 Å². The first-order valence-corrected chi connectivity index (χ1v) is 5.62. The van der Waals surface area contributed by atoms with Crippen LogP contribution in [0.1, 0.15) is 18.4 Å². The second kappa shape index (κ2) is 3.67. The van der Waals surface area contributed by atoms with Gasteiger partial charge < -0.3 is 9.64 Å². The van der Waals surface area contributed by atoms with Crippen LogP contribution in [0.15, 0.2) is 30.0 Å². The average molecular weight is 215 g/mol. The standard InChI is InChI=1S/C13H13NO2/c15-9-12-13(16-12)10-5-1-2-6-11(10)14-7-3-4-8-14/h1-2,5-6,9H,3-4,7-8H2. The summed E-state index contributed by atoms with van der Waals surface area (Å²) in [4.78, 5) is 12.9. The molecular formula is C13H13NO2. The van der Waals surface area contributed by atoms with Gasteiger partial charge in [-0.1, -0.05) is 12.1 Å². The van der Waals surface area contributed by atoms with Crippen LogP contribution in [-0.2, 0) is 9.53 Å². The lowest BCUT2D eigenvalue weighted by molar-refractivity contribution is -0.105. The number of allylic oxidation sites excluding steroid dienone is 1. The smallest absolute Gasteiger partial charge is 0.210 e. The Labute approximate surface area is 94.3 Å². The quantitative estimate of drug-likeness (QED) is 0.724. The second-order valence-corrected chi connectivity index (χ2v) is 4.12. The molecule has 0 unspecified atom stereocenters. The number of carbonyl (C=O) groups is 1. The van der Waals surface area contributed by atoms with Gasteiger partial charge in [-0.2, -0.15) is 0 Å². The van der Waals surface area contributed by atoms with E-state index in [4.69, 9.17) is 4.74 Å². The molecule has 2 aliphatic rings. The topological polar surface area (TPSA) is 32.8 Å². The van der Waals surface area contributed by atoms with Gasteiger partial charge in [0.1, 0.15) is 0 Å². The van der Waals surface area contributed by atoms with Crippen molar-refractivity contribution in [1.82, 2.24) is 0 Å². The molecule has 0 N–H and O–H groups in total. The highest BCUT2D eigenvalue weighted by molar-refractivity contribution is 5.95. The van der Waals surface area contributed by atoms with Gasteiger partial charge in [0, 0.05) is 24.3 Å². The van der Waals surface area contributed by atoms with E-state index >= 15 is 0 Å². The Hall–Kier alpha value is -1.77. The fourth-order valence-corrected chi connectivity index (χ4v) is 2.25. The largest absolute Gasteiger partial charge is 0.445 e. The first-order chi connectivity index (χ1) is 7.90. The van der Waals surface area contributed by atoms with Gasteiger partial charge in [0.15, 0.2) is 12.0 Å². The van der Waals surface area contributed by atoms with Gasteiger partial charge in [-0.15, -0.1) is 0 Å². The molecule has 1 fully saturated rings. The third-order valence-electron chi connectivity index (χ3n) is 3.10. The lowest BCUT2D eigenvalue weighted by Crippen LogP contribution is -2.18. The number of nitrogens with zero attached hydrogens (tertiary/aromatic N) is 1. The minimum absolute atomic E-state index is 0.478. The van der Waals surface area contributed by atoms with Gasteiger partial charge in [-0.05, 0) is 25.0 Å². The van der Waals surface area contributed by atoms with E-state index in [1.165, 1.54) is 18.5 Å². The molecule has 0 amide bonds.